The number of amides is 1. The molecule has 0 bridgehead atoms. The molecule has 2 aliphatic rings. The van der Waals surface area contributed by atoms with Gasteiger partial charge in [0, 0.05) is 29.2 Å². The molecule has 122 valence electrons. The summed E-state index contributed by atoms with van der Waals surface area (Å²) in [5, 5.41) is 7.35. The SMILES string of the molecule is CC(=O)Nc1ccc2c(c1)C1C=CCC1C(c1ccccc1Cl)N2. The largest absolute Gasteiger partial charge is 0.378 e. The number of benzene rings is 2. The summed E-state index contributed by atoms with van der Waals surface area (Å²) in [5.74, 6) is 0.729. The van der Waals surface area contributed by atoms with E-state index in [2.05, 4.69) is 34.9 Å². The molecule has 24 heavy (non-hydrogen) atoms. The van der Waals surface area contributed by atoms with Gasteiger partial charge in [0.2, 0.25) is 5.91 Å². The second-order valence-corrected chi connectivity index (χ2v) is 6.89. The van der Waals surface area contributed by atoms with E-state index in [1.165, 1.54) is 12.5 Å². The van der Waals surface area contributed by atoms with E-state index in [1.807, 2.05) is 30.3 Å². The van der Waals surface area contributed by atoms with Gasteiger partial charge >= 0.3 is 0 Å². The number of halogens is 1. The molecular weight excluding hydrogens is 320 g/mol. The monoisotopic (exact) mass is 338 g/mol. The normalized spacial score (nSPS) is 24.0. The van der Waals surface area contributed by atoms with Crippen LogP contribution in [0.3, 0.4) is 0 Å². The summed E-state index contributed by atoms with van der Waals surface area (Å²) in [6.07, 6.45) is 5.56. The standard InChI is InChI=1S/C20H19ClN2O/c1-12(24)22-13-9-10-19-17(11-13)14-6-4-7-15(14)20(23-19)16-5-2-3-8-18(16)21/h2-6,8-11,14-15,20,23H,7H2,1H3,(H,22,24). The van der Waals surface area contributed by atoms with Gasteiger partial charge in [0.1, 0.15) is 0 Å². The van der Waals surface area contributed by atoms with Crippen LogP contribution in [-0.4, -0.2) is 5.91 Å². The number of rotatable bonds is 2. The lowest BCUT2D eigenvalue weighted by Crippen LogP contribution is -2.29. The summed E-state index contributed by atoms with van der Waals surface area (Å²) >= 11 is 6.45. The van der Waals surface area contributed by atoms with Crippen LogP contribution in [0.2, 0.25) is 5.02 Å². The highest BCUT2D eigenvalue weighted by Crippen LogP contribution is 2.51. The average molecular weight is 339 g/mol. The third-order valence-electron chi connectivity index (χ3n) is 4.92. The van der Waals surface area contributed by atoms with Gasteiger partial charge in [-0.25, -0.2) is 0 Å². The zero-order valence-corrected chi connectivity index (χ0v) is 14.2. The molecule has 4 rings (SSSR count). The Hall–Kier alpha value is -2.26. The molecule has 3 unspecified atom stereocenters. The maximum atomic E-state index is 11.3. The van der Waals surface area contributed by atoms with Crippen molar-refractivity contribution in [2.45, 2.75) is 25.3 Å². The third-order valence-corrected chi connectivity index (χ3v) is 5.27. The Morgan fingerprint density at radius 3 is 2.83 bits per heavy atom. The number of hydrogen-bond donors (Lipinski definition) is 2. The van der Waals surface area contributed by atoms with Crippen LogP contribution >= 0.6 is 11.6 Å². The molecular formula is C20H19ClN2O. The molecule has 1 aliphatic heterocycles. The number of hydrogen-bond acceptors (Lipinski definition) is 2. The first-order valence-corrected chi connectivity index (χ1v) is 8.60. The molecule has 3 atom stereocenters. The lowest BCUT2D eigenvalue weighted by Gasteiger charge is -2.38. The number of carbonyl (C=O) groups is 1. The van der Waals surface area contributed by atoms with E-state index >= 15 is 0 Å². The van der Waals surface area contributed by atoms with E-state index < -0.39 is 0 Å². The highest BCUT2D eigenvalue weighted by molar-refractivity contribution is 6.31. The van der Waals surface area contributed by atoms with Crippen molar-refractivity contribution in [1.29, 1.82) is 0 Å². The van der Waals surface area contributed by atoms with Gasteiger partial charge in [0.15, 0.2) is 0 Å². The van der Waals surface area contributed by atoms with Crippen LogP contribution in [0.25, 0.3) is 0 Å². The Labute approximate surface area is 146 Å². The molecule has 2 N–H and O–H groups in total. The number of nitrogens with one attached hydrogen (secondary N) is 2. The van der Waals surface area contributed by atoms with Crippen molar-refractivity contribution in [2.75, 3.05) is 10.6 Å². The first kappa shape index (κ1) is 15.3. The fourth-order valence-corrected chi connectivity index (χ4v) is 4.16. The van der Waals surface area contributed by atoms with Gasteiger partial charge in [-0.2, -0.15) is 0 Å². The van der Waals surface area contributed by atoms with E-state index in [1.54, 1.807) is 0 Å². The van der Waals surface area contributed by atoms with Gasteiger partial charge in [-0.3, -0.25) is 4.79 Å². The van der Waals surface area contributed by atoms with Gasteiger partial charge in [0.25, 0.3) is 0 Å². The van der Waals surface area contributed by atoms with Gasteiger partial charge in [-0.15, -0.1) is 0 Å². The maximum absolute atomic E-state index is 11.3. The molecule has 0 fully saturated rings. The van der Waals surface area contributed by atoms with Gasteiger partial charge in [-0.05, 0) is 47.7 Å². The maximum Gasteiger partial charge on any atom is 0.221 e. The molecule has 1 heterocycles. The quantitative estimate of drug-likeness (QED) is 0.746. The van der Waals surface area contributed by atoms with E-state index in [9.17, 15) is 4.79 Å². The van der Waals surface area contributed by atoms with Crippen molar-refractivity contribution in [3.8, 4) is 0 Å². The summed E-state index contributed by atoms with van der Waals surface area (Å²) < 4.78 is 0. The first-order chi connectivity index (χ1) is 11.6. The number of allylic oxidation sites excluding steroid dienone is 2. The zero-order valence-electron chi connectivity index (χ0n) is 13.4. The van der Waals surface area contributed by atoms with Crippen molar-refractivity contribution >= 4 is 28.9 Å². The summed E-state index contributed by atoms with van der Waals surface area (Å²) in [4.78, 5) is 11.3. The molecule has 0 saturated heterocycles. The first-order valence-electron chi connectivity index (χ1n) is 8.22. The summed E-state index contributed by atoms with van der Waals surface area (Å²) in [5.41, 5.74) is 4.35. The molecule has 0 spiro atoms. The Balaban J connectivity index is 1.75. The number of carbonyl (C=O) groups excluding carboxylic acids is 1. The molecule has 4 heteroatoms. The van der Waals surface area contributed by atoms with Crippen molar-refractivity contribution in [3.63, 3.8) is 0 Å². The molecule has 1 amide bonds. The van der Waals surface area contributed by atoms with Crippen LogP contribution in [0.5, 0.6) is 0 Å². The Morgan fingerprint density at radius 2 is 2.04 bits per heavy atom. The van der Waals surface area contributed by atoms with Crippen LogP contribution in [0.4, 0.5) is 11.4 Å². The molecule has 0 radical (unpaired) electrons. The average Bonchev–Trinajstić information content (AvgIpc) is 3.04. The predicted molar refractivity (Wildman–Crippen MR) is 98.5 cm³/mol. The van der Waals surface area contributed by atoms with Crippen molar-refractivity contribution in [3.05, 3.63) is 70.8 Å². The predicted octanol–water partition coefficient (Wildman–Crippen LogP) is 5.12. The van der Waals surface area contributed by atoms with Crippen LogP contribution < -0.4 is 10.6 Å². The second kappa shape index (κ2) is 5.99. The number of fused-ring (bicyclic) bond motifs is 3. The smallest absolute Gasteiger partial charge is 0.221 e. The van der Waals surface area contributed by atoms with Crippen molar-refractivity contribution in [1.82, 2.24) is 0 Å². The van der Waals surface area contributed by atoms with E-state index in [4.69, 9.17) is 11.6 Å². The van der Waals surface area contributed by atoms with E-state index in [0.29, 0.717) is 11.8 Å². The van der Waals surface area contributed by atoms with Gasteiger partial charge in [0.05, 0.1) is 6.04 Å². The fraction of sp³-hybridized carbons (Fsp3) is 0.250. The lowest BCUT2D eigenvalue weighted by atomic mass is 9.77. The highest BCUT2D eigenvalue weighted by atomic mass is 35.5. The molecule has 1 aliphatic carbocycles. The summed E-state index contributed by atoms with van der Waals surface area (Å²) in [7, 11) is 0. The number of anilines is 2. The molecule has 2 aromatic rings. The van der Waals surface area contributed by atoms with Crippen molar-refractivity contribution in [2.24, 2.45) is 5.92 Å². The minimum Gasteiger partial charge on any atom is -0.378 e. The summed E-state index contributed by atoms with van der Waals surface area (Å²) in [6.45, 7) is 1.53. The Kier molecular flexibility index (Phi) is 3.81. The molecule has 2 aromatic carbocycles. The van der Waals surface area contributed by atoms with Crippen LogP contribution in [0, 0.1) is 5.92 Å². The van der Waals surface area contributed by atoms with Gasteiger partial charge < -0.3 is 10.6 Å². The minimum absolute atomic E-state index is 0.0498. The Morgan fingerprint density at radius 1 is 1.21 bits per heavy atom. The van der Waals surface area contributed by atoms with Crippen LogP contribution in [0.15, 0.2) is 54.6 Å². The van der Waals surface area contributed by atoms with Gasteiger partial charge in [-0.1, -0.05) is 42.0 Å². The Bertz CT molecular complexity index is 830. The molecule has 0 saturated carbocycles. The van der Waals surface area contributed by atoms with E-state index in [0.717, 1.165) is 28.4 Å². The van der Waals surface area contributed by atoms with Crippen LogP contribution in [-0.2, 0) is 4.79 Å². The zero-order chi connectivity index (χ0) is 16.7. The lowest BCUT2D eigenvalue weighted by molar-refractivity contribution is -0.114. The second-order valence-electron chi connectivity index (χ2n) is 6.48. The van der Waals surface area contributed by atoms with Crippen molar-refractivity contribution < 1.29 is 4.79 Å². The van der Waals surface area contributed by atoms with E-state index in [-0.39, 0.29) is 11.9 Å². The highest BCUT2D eigenvalue weighted by Gasteiger charge is 2.38. The molecule has 0 aromatic heterocycles. The fourth-order valence-electron chi connectivity index (χ4n) is 3.91. The summed E-state index contributed by atoms with van der Waals surface area (Å²) in [6, 6.07) is 14.3. The minimum atomic E-state index is -0.0498. The third kappa shape index (κ3) is 2.59. The molecule has 3 nitrogen and oxygen atoms in total. The topological polar surface area (TPSA) is 41.1 Å². The van der Waals surface area contributed by atoms with Crippen LogP contribution in [0.1, 0.15) is 36.4 Å².